The first-order valence-corrected chi connectivity index (χ1v) is 9.49. The molecule has 0 N–H and O–H groups in total. The fourth-order valence-electron chi connectivity index (χ4n) is 3.18. The molecular formula is C18H21N3O2S. The maximum atomic E-state index is 12.4. The number of nitrogens with zero attached hydrogens (tertiary/aromatic N) is 3. The summed E-state index contributed by atoms with van der Waals surface area (Å²) in [6.07, 6.45) is 8.87. The van der Waals surface area contributed by atoms with Crippen LogP contribution in [0.3, 0.4) is 0 Å². The zero-order valence-electron chi connectivity index (χ0n) is 13.6. The number of aromatic nitrogens is 2. The van der Waals surface area contributed by atoms with Crippen molar-refractivity contribution in [3.63, 3.8) is 0 Å². The van der Waals surface area contributed by atoms with Crippen LogP contribution in [0.15, 0.2) is 28.1 Å². The zero-order chi connectivity index (χ0) is 16.4. The van der Waals surface area contributed by atoms with Gasteiger partial charge in [0.25, 0.3) is 0 Å². The first-order chi connectivity index (χ1) is 11.8. The van der Waals surface area contributed by atoms with Crippen molar-refractivity contribution < 1.29 is 9.32 Å². The van der Waals surface area contributed by atoms with Crippen molar-refractivity contribution >= 4 is 23.3 Å². The molecule has 0 aromatic carbocycles. The molecule has 1 saturated heterocycles. The van der Waals surface area contributed by atoms with Crippen LogP contribution in [-0.4, -0.2) is 34.0 Å². The lowest BCUT2D eigenvalue weighted by Gasteiger charge is -2.31. The molecule has 126 valence electrons. The summed E-state index contributed by atoms with van der Waals surface area (Å²) in [6, 6.07) is 4.01. The number of carbonyl (C=O) groups excluding carboxylic acids is 1. The van der Waals surface area contributed by atoms with Crippen LogP contribution in [0.25, 0.3) is 6.08 Å². The molecule has 0 unspecified atom stereocenters. The van der Waals surface area contributed by atoms with Crippen LogP contribution in [0, 0.1) is 5.92 Å². The summed E-state index contributed by atoms with van der Waals surface area (Å²) in [6.45, 7) is 1.61. The van der Waals surface area contributed by atoms with E-state index in [1.54, 1.807) is 17.4 Å². The second-order valence-electron chi connectivity index (χ2n) is 6.67. The van der Waals surface area contributed by atoms with Crippen LogP contribution in [0.1, 0.15) is 48.2 Å². The maximum absolute atomic E-state index is 12.4. The number of thiophene rings is 1. The van der Waals surface area contributed by atoms with Gasteiger partial charge < -0.3 is 9.42 Å². The Morgan fingerprint density at radius 1 is 1.42 bits per heavy atom. The van der Waals surface area contributed by atoms with Crippen LogP contribution >= 0.6 is 11.3 Å². The first-order valence-electron chi connectivity index (χ1n) is 8.61. The van der Waals surface area contributed by atoms with E-state index in [1.807, 2.05) is 28.5 Å². The molecule has 3 heterocycles. The molecule has 0 radical (unpaired) electrons. The Labute approximate surface area is 145 Å². The summed E-state index contributed by atoms with van der Waals surface area (Å²) in [5.74, 6) is 2.62. The van der Waals surface area contributed by atoms with E-state index in [0.29, 0.717) is 11.8 Å². The number of rotatable bonds is 5. The highest BCUT2D eigenvalue weighted by Crippen LogP contribution is 2.38. The lowest BCUT2D eigenvalue weighted by atomic mass is 9.94. The Morgan fingerprint density at radius 2 is 2.33 bits per heavy atom. The summed E-state index contributed by atoms with van der Waals surface area (Å²) in [7, 11) is 0. The van der Waals surface area contributed by atoms with Crippen molar-refractivity contribution in [3.8, 4) is 0 Å². The van der Waals surface area contributed by atoms with Crippen LogP contribution in [0.4, 0.5) is 0 Å². The molecule has 1 aliphatic heterocycles. The van der Waals surface area contributed by atoms with Gasteiger partial charge in [0.05, 0.1) is 0 Å². The third kappa shape index (κ3) is 3.75. The monoisotopic (exact) mass is 343 g/mol. The fraction of sp³-hybridized carbons (Fsp3) is 0.500. The molecule has 6 heteroatoms. The maximum Gasteiger partial charge on any atom is 0.246 e. The quantitative estimate of drug-likeness (QED) is 0.780. The van der Waals surface area contributed by atoms with E-state index in [-0.39, 0.29) is 5.91 Å². The van der Waals surface area contributed by atoms with E-state index in [2.05, 4.69) is 10.1 Å². The molecule has 0 bridgehead atoms. The van der Waals surface area contributed by atoms with E-state index < -0.39 is 0 Å². The van der Waals surface area contributed by atoms with Crippen molar-refractivity contribution in [1.29, 1.82) is 0 Å². The number of amides is 1. The molecule has 24 heavy (non-hydrogen) atoms. The van der Waals surface area contributed by atoms with E-state index in [1.165, 1.54) is 12.8 Å². The van der Waals surface area contributed by atoms with E-state index in [9.17, 15) is 4.79 Å². The summed E-state index contributed by atoms with van der Waals surface area (Å²) < 4.78 is 5.38. The number of piperidine rings is 1. The van der Waals surface area contributed by atoms with Crippen molar-refractivity contribution in [2.24, 2.45) is 5.92 Å². The van der Waals surface area contributed by atoms with Gasteiger partial charge in [-0.2, -0.15) is 4.98 Å². The Balaban J connectivity index is 1.33. The molecule has 1 saturated carbocycles. The average Bonchev–Trinajstić information content (AvgIpc) is 3.12. The van der Waals surface area contributed by atoms with Gasteiger partial charge in [-0.1, -0.05) is 11.2 Å². The molecule has 1 atom stereocenters. The van der Waals surface area contributed by atoms with Gasteiger partial charge in [0.15, 0.2) is 5.82 Å². The van der Waals surface area contributed by atoms with Gasteiger partial charge in [-0.05, 0) is 49.1 Å². The predicted octanol–water partition coefficient (Wildman–Crippen LogP) is 3.50. The van der Waals surface area contributed by atoms with Crippen molar-refractivity contribution in [1.82, 2.24) is 15.0 Å². The van der Waals surface area contributed by atoms with Crippen molar-refractivity contribution in [2.45, 2.75) is 38.0 Å². The van der Waals surface area contributed by atoms with Gasteiger partial charge in [-0.25, -0.2) is 0 Å². The Hall–Kier alpha value is -1.95. The summed E-state index contributed by atoms with van der Waals surface area (Å²) >= 11 is 1.64. The van der Waals surface area contributed by atoms with Crippen LogP contribution in [-0.2, 0) is 11.2 Å². The van der Waals surface area contributed by atoms with Gasteiger partial charge in [0, 0.05) is 36.4 Å². The van der Waals surface area contributed by atoms with E-state index in [4.69, 9.17) is 4.52 Å². The smallest absolute Gasteiger partial charge is 0.246 e. The van der Waals surface area contributed by atoms with Gasteiger partial charge in [-0.3, -0.25) is 4.79 Å². The molecule has 0 spiro atoms. The minimum Gasteiger partial charge on any atom is -0.339 e. The van der Waals surface area contributed by atoms with Crippen LogP contribution in [0.2, 0.25) is 0 Å². The summed E-state index contributed by atoms with van der Waals surface area (Å²) in [5, 5.41) is 6.09. The standard InChI is InChI=1S/C18H21N3O2S/c22-17(8-7-15-4-2-10-24-15)21-9-1-3-13(12-21)11-16-19-18(20-23-16)14-5-6-14/h2,4,7-8,10,13-14H,1,3,5-6,9,11-12H2/b8-7-/t13-/m0/s1. The normalized spacial score (nSPS) is 21.5. The predicted molar refractivity (Wildman–Crippen MR) is 92.6 cm³/mol. The van der Waals surface area contributed by atoms with Crippen LogP contribution < -0.4 is 0 Å². The lowest BCUT2D eigenvalue weighted by molar-refractivity contribution is -0.127. The third-order valence-electron chi connectivity index (χ3n) is 4.65. The first kappa shape index (κ1) is 15.6. The van der Waals surface area contributed by atoms with Crippen LogP contribution in [0.5, 0.6) is 0 Å². The average molecular weight is 343 g/mol. The van der Waals surface area contributed by atoms with Gasteiger partial charge in [0.2, 0.25) is 11.8 Å². The highest BCUT2D eigenvalue weighted by molar-refractivity contribution is 7.10. The van der Waals surface area contributed by atoms with Crippen molar-refractivity contribution in [3.05, 3.63) is 40.2 Å². The molecule has 1 aliphatic carbocycles. The number of hydrogen-bond donors (Lipinski definition) is 0. The zero-order valence-corrected chi connectivity index (χ0v) is 14.4. The second kappa shape index (κ2) is 6.89. The molecule has 4 rings (SSSR count). The molecular weight excluding hydrogens is 322 g/mol. The molecule has 2 aromatic heterocycles. The van der Waals surface area contributed by atoms with E-state index >= 15 is 0 Å². The van der Waals surface area contributed by atoms with Crippen molar-refractivity contribution in [2.75, 3.05) is 13.1 Å². The molecule has 2 aliphatic rings. The Bertz CT molecular complexity index is 718. The number of carbonyl (C=O) groups is 1. The number of hydrogen-bond acceptors (Lipinski definition) is 5. The third-order valence-corrected chi connectivity index (χ3v) is 5.49. The van der Waals surface area contributed by atoms with Gasteiger partial charge in [0.1, 0.15) is 0 Å². The van der Waals surface area contributed by atoms with Gasteiger partial charge >= 0.3 is 0 Å². The summed E-state index contributed by atoms with van der Waals surface area (Å²) in [5.41, 5.74) is 0. The minimum atomic E-state index is 0.0947. The molecule has 5 nitrogen and oxygen atoms in total. The Morgan fingerprint density at radius 3 is 3.12 bits per heavy atom. The molecule has 2 fully saturated rings. The SMILES string of the molecule is O=C(/C=C\c1cccs1)N1CCC[C@@H](Cc2nc(C3CC3)no2)C1. The fourth-order valence-corrected chi connectivity index (χ4v) is 3.80. The number of likely N-dealkylation sites (tertiary alicyclic amines) is 1. The molecule has 2 aromatic rings. The lowest BCUT2D eigenvalue weighted by Crippen LogP contribution is -2.39. The largest absolute Gasteiger partial charge is 0.339 e. The van der Waals surface area contributed by atoms with E-state index in [0.717, 1.165) is 48.9 Å². The second-order valence-corrected chi connectivity index (χ2v) is 7.65. The highest BCUT2D eigenvalue weighted by Gasteiger charge is 2.30. The minimum absolute atomic E-state index is 0.0947. The highest BCUT2D eigenvalue weighted by atomic mass is 32.1. The van der Waals surface area contributed by atoms with Gasteiger partial charge in [-0.15, -0.1) is 11.3 Å². The topological polar surface area (TPSA) is 59.2 Å². The molecule has 1 amide bonds. The summed E-state index contributed by atoms with van der Waals surface area (Å²) in [4.78, 5) is 19.9. The Kier molecular flexibility index (Phi) is 4.47.